The first-order chi connectivity index (χ1) is 9.22. The highest BCUT2D eigenvalue weighted by molar-refractivity contribution is 7.89. The predicted molar refractivity (Wildman–Crippen MR) is 81.8 cm³/mol. The number of nitrogen functional groups attached to an aromatic ring is 1. The van der Waals surface area contributed by atoms with E-state index in [1.54, 1.807) is 25.2 Å². The molecule has 5 heteroatoms. The third kappa shape index (κ3) is 3.15. The summed E-state index contributed by atoms with van der Waals surface area (Å²) in [5.74, 6) is 0. The Labute approximate surface area is 122 Å². The van der Waals surface area contributed by atoms with E-state index in [1.807, 2.05) is 0 Å². The Morgan fingerprint density at radius 1 is 1.25 bits per heavy atom. The standard InChI is InChI=1S/C15H24N2O2S/c1-15(2)9-7-13(8-10-15)17(3)20(18,19)14-6-4-5-12(16)11-14/h4-6,11,13H,7-10,16H2,1-3H3. The molecule has 0 aliphatic heterocycles. The lowest BCUT2D eigenvalue weighted by Crippen LogP contribution is -2.40. The van der Waals surface area contributed by atoms with Gasteiger partial charge in [0.05, 0.1) is 4.90 Å². The summed E-state index contributed by atoms with van der Waals surface area (Å²) in [6, 6.07) is 6.60. The number of nitrogens with zero attached hydrogens (tertiary/aromatic N) is 1. The van der Waals surface area contributed by atoms with Gasteiger partial charge in [-0.15, -0.1) is 0 Å². The number of rotatable bonds is 3. The molecule has 0 saturated heterocycles. The summed E-state index contributed by atoms with van der Waals surface area (Å²) in [5.41, 5.74) is 6.49. The van der Waals surface area contributed by atoms with Crippen LogP contribution in [0, 0.1) is 5.41 Å². The molecule has 1 aromatic carbocycles. The fourth-order valence-electron chi connectivity index (χ4n) is 2.79. The van der Waals surface area contributed by atoms with Gasteiger partial charge in [0.15, 0.2) is 0 Å². The van der Waals surface area contributed by atoms with E-state index in [-0.39, 0.29) is 10.9 Å². The van der Waals surface area contributed by atoms with Gasteiger partial charge < -0.3 is 5.73 Å². The Bertz CT molecular complexity index is 571. The second-order valence-electron chi connectivity index (χ2n) is 6.49. The van der Waals surface area contributed by atoms with Crippen molar-refractivity contribution in [1.29, 1.82) is 0 Å². The van der Waals surface area contributed by atoms with Gasteiger partial charge in [-0.2, -0.15) is 4.31 Å². The maximum absolute atomic E-state index is 12.6. The number of anilines is 1. The highest BCUT2D eigenvalue weighted by Gasteiger charge is 2.34. The van der Waals surface area contributed by atoms with Crippen molar-refractivity contribution in [3.05, 3.63) is 24.3 Å². The van der Waals surface area contributed by atoms with Gasteiger partial charge in [-0.25, -0.2) is 8.42 Å². The van der Waals surface area contributed by atoms with Crippen LogP contribution in [0.25, 0.3) is 0 Å². The van der Waals surface area contributed by atoms with Gasteiger partial charge in [0.1, 0.15) is 0 Å². The number of sulfonamides is 1. The average molecular weight is 296 g/mol. The first kappa shape index (κ1) is 15.3. The Balaban J connectivity index is 2.18. The summed E-state index contributed by atoms with van der Waals surface area (Å²) in [6.45, 7) is 4.49. The van der Waals surface area contributed by atoms with Gasteiger partial charge in [-0.3, -0.25) is 0 Å². The molecular formula is C15H24N2O2S. The van der Waals surface area contributed by atoms with Gasteiger partial charge in [-0.05, 0) is 49.3 Å². The van der Waals surface area contributed by atoms with Gasteiger partial charge in [0.2, 0.25) is 10.0 Å². The van der Waals surface area contributed by atoms with Crippen LogP contribution in [-0.2, 0) is 10.0 Å². The van der Waals surface area contributed by atoms with E-state index in [1.165, 1.54) is 10.4 Å². The van der Waals surface area contributed by atoms with Crippen molar-refractivity contribution in [1.82, 2.24) is 4.31 Å². The highest BCUT2D eigenvalue weighted by Crippen LogP contribution is 2.37. The molecule has 1 fully saturated rings. The third-order valence-corrected chi connectivity index (χ3v) is 6.26. The molecule has 0 spiro atoms. The molecule has 0 atom stereocenters. The van der Waals surface area contributed by atoms with E-state index >= 15 is 0 Å². The second kappa shape index (κ2) is 5.37. The zero-order valence-electron chi connectivity index (χ0n) is 12.5. The molecule has 0 radical (unpaired) electrons. The zero-order valence-corrected chi connectivity index (χ0v) is 13.3. The second-order valence-corrected chi connectivity index (χ2v) is 8.49. The quantitative estimate of drug-likeness (QED) is 0.872. The molecule has 1 aliphatic rings. The Morgan fingerprint density at radius 2 is 1.85 bits per heavy atom. The summed E-state index contributed by atoms with van der Waals surface area (Å²) in [5, 5.41) is 0. The minimum Gasteiger partial charge on any atom is -0.399 e. The van der Waals surface area contributed by atoms with Crippen LogP contribution >= 0.6 is 0 Å². The van der Waals surface area contributed by atoms with Crippen LogP contribution in [0.5, 0.6) is 0 Å². The van der Waals surface area contributed by atoms with E-state index in [0.29, 0.717) is 11.1 Å². The molecule has 20 heavy (non-hydrogen) atoms. The first-order valence-corrected chi connectivity index (χ1v) is 8.50. The highest BCUT2D eigenvalue weighted by atomic mass is 32.2. The van der Waals surface area contributed by atoms with Crippen LogP contribution in [-0.4, -0.2) is 25.8 Å². The number of hydrogen-bond donors (Lipinski definition) is 1. The van der Waals surface area contributed by atoms with Crippen LogP contribution < -0.4 is 5.73 Å². The van der Waals surface area contributed by atoms with Crippen molar-refractivity contribution < 1.29 is 8.42 Å². The zero-order chi connectivity index (χ0) is 15.0. The molecule has 2 N–H and O–H groups in total. The predicted octanol–water partition coefficient (Wildman–Crippen LogP) is 2.86. The maximum Gasteiger partial charge on any atom is 0.243 e. The monoisotopic (exact) mass is 296 g/mol. The molecule has 0 bridgehead atoms. The summed E-state index contributed by atoms with van der Waals surface area (Å²) in [4.78, 5) is 0.282. The van der Waals surface area contributed by atoms with E-state index < -0.39 is 10.0 Å². The fourth-order valence-corrected chi connectivity index (χ4v) is 4.26. The van der Waals surface area contributed by atoms with Crippen molar-refractivity contribution in [3.8, 4) is 0 Å². The van der Waals surface area contributed by atoms with Crippen LogP contribution in [0.2, 0.25) is 0 Å². The Morgan fingerprint density at radius 3 is 2.40 bits per heavy atom. The lowest BCUT2D eigenvalue weighted by molar-refractivity contribution is 0.174. The molecular weight excluding hydrogens is 272 g/mol. The van der Waals surface area contributed by atoms with Crippen molar-refractivity contribution in [2.75, 3.05) is 12.8 Å². The molecule has 0 unspecified atom stereocenters. The molecule has 4 nitrogen and oxygen atoms in total. The van der Waals surface area contributed by atoms with Gasteiger partial charge >= 0.3 is 0 Å². The minimum atomic E-state index is -3.45. The summed E-state index contributed by atoms with van der Waals surface area (Å²) in [6.07, 6.45) is 3.97. The average Bonchev–Trinajstić information content (AvgIpc) is 2.38. The molecule has 1 saturated carbocycles. The normalized spacial score (nSPS) is 20.2. The Kier molecular flexibility index (Phi) is 4.12. The molecule has 0 aromatic heterocycles. The van der Waals surface area contributed by atoms with Crippen molar-refractivity contribution in [2.45, 2.75) is 50.5 Å². The number of nitrogens with two attached hydrogens (primary N) is 1. The topological polar surface area (TPSA) is 63.4 Å². The summed E-state index contributed by atoms with van der Waals surface area (Å²) >= 11 is 0. The third-order valence-electron chi connectivity index (χ3n) is 4.36. The number of hydrogen-bond acceptors (Lipinski definition) is 3. The van der Waals surface area contributed by atoms with Crippen LogP contribution in [0.3, 0.4) is 0 Å². The molecule has 112 valence electrons. The van der Waals surface area contributed by atoms with Crippen LogP contribution in [0.1, 0.15) is 39.5 Å². The molecule has 1 aliphatic carbocycles. The lowest BCUT2D eigenvalue weighted by atomic mass is 9.76. The summed E-state index contributed by atoms with van der Waals surface area (Å²) < 4.78 is 26.8. The number of benzene rings is 1. The van der Waals surface area contributed by atoms with E-state index in [2.05, 4.69) is 13.8 Å². The van der Waals surface area contributed by atoms with Crippen LogP contribution in [0.4, 0.5) is 5.69 Å². The Hall–Kier alpha value is -1.07. The van der Waals surface area contributed by atoms with E-state index in [0.717, 1.165) is 25.7 Å². The molecule has 2 rings (SSSR count). The van der Waals surface area contributed by atoms with Crippen molar-refractivity contribution >= 4 is 15.7 Å². The first-order valence-electron chi connectivity index (χ1n) is 7.06. The largest absolute Gasteiger partial charge is 0.399 e. The SMILES string of the molecule is CN(C1CCC(C)(C)CC1)S(=O)(=O)c1cccc(N)c1. The maximum atomic E-state index is 12.6. The molecule has 0 heterocycles. The molecule has 0 amide bonds. The van der Waals surface area contributed by atoms with Crippen molar-refractivity contribution in [2.24, 2.45) is 5.41 Å². The summed E-state index contributed by atoms with van der Waals surface area (Å²) in [7, 11) is -1.76. The van der Waals surface area contributed by atoms with E-state index in [4.69, 9.17) is 5.73 Å². The smallest absolute Gasteiger partial charge is 0.243 e. The molecule has 1 aromatic rings. The van der Waals surface area contributed by atoms with Crippen molar-refractivity contribution in [3.63, 3.8) is 0 Å². The van der Waals surface area contributed by atoms with Gasteiger partial charge in [-0.1, -0.05) is 19.9 Å². The lowest BCUT2D eigenvalue weighted by Gasteiger charge is -2.38. The van der Waals surface area contributed by atoms with Crippen LogP contribution in [0.15, 0.2) is 29.2 Å². The van der Waals surface area contributed by atoms with Gasteiger partial charge in [0, 0.05) is 18.8 Å². The van der Waals surface area contributed by atoms with Gasteiger partial charge in [0.25, 0.3) is 0 Å². The fraction of sp³-hybridized carbons (Fsp3) is 0.600. The van der Waals surface area contributed by atoms with E-state index in [9.17, 15) is 8.42 Å². The minimum absolute atomic E-state index is 0.0921.